The highest BCUT2D eigenvalue weighted by Crippen LogP contribution is 2.25. The molecule has 0 aliphatic rings. The molecule has 0 fully saturated rings. The molecule has 0 bridgehead atoms. The van der Waals surface area contributed by atoms with Gasteiger partial charge in [0, 0.05) is 11.8 Å². The molecule has 0 spiro atoms. The second-order valence-electron chi connectivity index (χ2n) is 8.51. The minimum atomic E-state index is -1.08. The fourth-order valence-electron chi connectivity index (χ4n) is 3.74. The number of carboxylic acid groups (broad SMARTS) is 1. The largest absolute Gasteiger partial charge is 0.475 e. The monoisotopic (exact) mass is 410 g/mol. The molecule has 0 saturated heterocycles. The average molecular weight is 411 g/mol. The summed E-state index contributed by atoms with van der Waals surface area (Å²) in [7, 11) is 0. The molecule has 1 heterocycles. The average Bonchev–Trinajstić information content (AvgIpc) is 2.76. The third-order valence-electron chi connectivity index (χ3n) is 5.86. The maximum Gasteiger partial charge on any atom is 0.373 e. The molecular formula is C26H38N2O2. The van der Waals surface area contributed by atoms with E-state index >= 15 is 0 Å². The first kappa shape index (κ1) is 24.0. The first-order valence-electron chi connectivity index (χ1n) is 11.7. The van der Waals surface area contributed by atoms with Crippen LogP contribution in [0.3, 0.4) is 0 Å². The van der Waals surface area contributed by atoms with Crippen LogP contribution in [-0.4, -0.2) is 21.0 Å². The number of rotatable bonds is 14. The van der Waals surface area contributed by atoms with Gasteiger partial charge in [-0.2, -0.15) is 0 Å². The van der Waals surface area contributed by atoms with Crippen molar-refractivity contribution in [2.75, 3.05) is 0 Å². The maximum absolute atomic E-state index is 11.4. The summed E-state index contributed by atoms with van der Waals surface area (Å²) >= 11 is 0. The molecule has 0 aliphatic carbocycles. The van der Waals surface area contributed by atoms with Gasteiger partial charge in [-0.15, -0.1) is 0 Å². The SMILES string of the molecule is CCCCCCCCCCc1cnc(C(=O)O)nc1-c1ccc(C[C@@H](C)CC)cc1. The first-order valence-corrected chi connectivity index (χ1v) is 11.7. The lowest BCUT2D eigenvalue weighted by Crippen LogP contribution is -2.07. The molecule has 0 amide bonds. The first-order chi connectivity index (χ1) is 14.5. The van der Waals surface area contributed by atoms with Crippen molar-refractivity contribution in [2.45, 2.75) is 91.4 Å². The number of carbonyl (C=O) groups is 1. The highest BCUT2D eigenvalue weighted by Gasteiger charge is 2.14. The third-order valence-corrected chi connectivity index (χ3v) is 5.86. The van der Waals surface area contributed by atoms with Crippen molar-refractivity contribution < 1.29 is 9.90 Å². The molecule has 164 valence electrons. The molecule has 4 nitrogen and oxygen atoms in total. The van der Waals surface area contributed by atoms with Crippen molar-refractivity contribution in [3.63, 3.8) is 0 Å². The summed E-state index contributed by atoms with van der Waals surface area (Å²) in [5, 5.41) is 9.33. The van der Waals surface area contributed by atoms with Crippen molar-refractivity contribution in [1.29, 1.82) is 0 Å². The molecule has 4 heteroatoms. The summed E-state index contributed by atoms with van der Waals surface area (Å²) in [5.41, 5.74) is 4.09. The van der Waals surface area contributed by atoms with Crippen molar-refractivity contribution >= 4 is 5.97 Å². The second-order valence-corrected chi connectivity index (χ2v) is 8.51. The van der Waals surface area contributed by atoms with Crippen molar-refractivity contribution in [2.24, 2.45) is 5.92 Å². The van der Waals surface area contributed by atoms with E-state index in [-0.39, 0.29) is 5.82 Å². The normalized spacial score (nSPS) is 12.1. The van der Waals surface area contributed by atoms with Crippen molar-refractivity contribution in [1.82, 2.24) is 9.97 Å². The van der Waals surface area contributed by atoms with E-state index in [0.29, 0.717) is 5.92 Å². The van der Waals surface area contributed by atoms with E-state index in [1.54, 1.807) is 6.20 Å². The van der Waals surface area contributed by atoms with E-state index in [1.807, 2.05) is 0 Å². The van der Waals surface area contributed by atoms with Crippen LogP contribution in [0.15, 0.2) is 30.5 Å². The van der Waals surface area contributed by atoms with Crippen LogP contribution in [0.2, 0.25) is 0 Å². The Labute approximate surface area is 182 Å². The summed E-state index contributed by atoms with van der Waals surface area (Å²) in [6, 6.07) is 8.43. The Kier molecular flexibility index (Phi) is 10.5. The Morgan fingerprint density at radius 2 is 1.60 bits per heavy atom. The fraction of sp³-hybridized carbons (Fsp3) is 0.577. The van der Waals surface area contributed by atoms with Crippen LogP contribution >= 0.6 is 0 Å². The molecular weight excluding hydrogens is 372 g/mol. The van der Waals surface area contributed by atoms with Gasteiger partial charge in [-0.25, -0.2) is 14.8 Å². The van der Waals surface area contributed by atoms with Crippen LogP contribution in [0, 0.1) is 5.92 Å². The molecule has 30 heavy (non-hydrogen) atoms. The van der Waals surface area contributed by atoms with Crippen molar-refractivity contribution in [3.8, 4) is 11.3 Å². The minimum absolute atomic E-state index is 0.131. The Balaban J connectivity index is 2.04. The lowest BCUT2D eigenvalue weighted by molar-refractivity contribution is 0.0683. The highest BCUT2D eigenvalue weighted by molar-refractivity contribution is 5.84. The molecule has 1 N–H and O–H groups in total. The van der Waals surface area contributed by atoms with E-state index in [4.69, 9.17) is 0 Å². The van der Waals surface area contributed by atoms with Gasteiger partial charge >= 0.3 is 5.97 Å². The van der Waals surface area contributed by atoms with Crippen molar-refractivity contribution in [3.05, 3.63) is 47.4 Å². The van der Waals surface area contributed by atoms with Crippen LogP contribution in [0.5, 0.6) is 0 Å². The predicted octanol–water partition coefficient (Wildman–Crippen LogP) is 7.11. The Morgan fingerprint density at radius 1 is 0.967 bits per heavy atom. The van der Waals surface area contributed by atoms with E-state index < -0.39 is 5.97 Å². The number of hydrogen-bond acceptors (Lipinski definition) is 3. The van der Waals surface area contributed by atoms with Gasteiger partial charge in [0.2, 0.25) is 5.82 Å². The summed E-state index contributed by atoms with van der Waals surface area (Å²) in [4.78, 5) is 19.8. The van der Waals surface area contributed by atoms with Gasteiger partial charge < -0.3 is 5.11 Å². The molecule has 0 unspecified atom stereocenters. The number of aryl methyl sites for hydroxylation is 1. The zero-order valence-electron chi connectivity index (χ0n) is 19.0. The highest BCUT2D eigenvalue weighted by atomic mass is 16.4. The lowest BCUT2D eigenvalue weighted by Gasteiger charge is -2.12. The fourth-order valence-corrected chi connectivity index (χ4v) is 3.74. The molecule has 0 aliphatic heterocycles. The van der Waals surface area contributed by atoms with Gasteiger partial charge in [0.05, 0.1) is 5.69 Å². The van der Waals surface area contributed by atoms with Gasteiger partial charge in [-0.05, 0) is 36.3 Å². The molecule has 0 radical (unpaired) electrons. The van der Waals surface area contributed by atoms with Crippen LogP contribution in [0.25, 0.3) is 11.3 Å². The van der Waals surface area contributed by atoms with Crippen LogP contribution < -0.4 is 0 Å². The van der Waals surface area contributed by atoms with Crippen LogP contribution in [-0.2, 0) is 12.8 Å². The number of carboxylic acids is 1. The summed E-state index contributed by atoms with van der Waals surface area (Å²) in [5.74, 6) is -0.553. The van der Waals surface area contributed by atoms with E-state index in [2.05, 4.69) is 55.0 Å². The smallest absolute Gasteiger partial charge is 0.373 e. The molecule has 1 aromatic heterocycles. The zero-order chi connectivity index (χ0) is 21.8. The van der Waals surface area contributed by atoms with Gasteiger partial charge in [0.1, 0.15) is 0 Å². The van der Waals surface area contributed by atoms with Gasteiger partial charge in [-0.3, -0.25) is 0 Å². The van der Waals surface area contributed by atoms with E-state index in [9.17, 15) is 9.90 Å². The lowest BCUT2D eigenvalue weighted by atomic mass is 9.96. The van der Waals surface area contributed by atoms with Gasteiger partial charge in [0.15, 0.2) is 0 Å². The number of nitrogens with zero attached hydrogens (tertiary/aromatic N) is 2. The summed E-state index contributed by atoms with van der Waals surface area (Å²) in [6.07, 6.45) is 15.0. The zero-order valence-corrected chi connectivity index (χ0v) is 19.0. The Hall–Kier alpha value is -2.23. The Morgan fingerprint density at radius 3 is 2.20 bits per heavy atom. The van der Waals surface area contributed by atoms with Crippen LogP contribution in [0.1, 0.15) is 100 Å². The van der Waals surface area contributed by atoms with Gasteiger partial charge in [-0.1, -0.05) is 96.4 Å². The number of benzene rings is 1. The standard InChI is InChI=1S/C26H38N2O2/c1-4-6-7-8-9-10-11-12-13-23-19-27-25(26(29)30)28-24(23)22-16-14-21(15-17-22)18-20(3)5-2/h14-17,19-20H,4-13,18H2,1-3H3,(H,29,30)/t20-/m0/s1. The van der Waals surface area contributed by atoms with E-state index in [1.165, 1.54) is 56.9 Å². The molecule has 1 atom stereocenters. The molecule has 1 aromatic carbocycles. The number of unbranched alkanes of at least 4 members (excludes halogenated alkanes) is 7. The number of hydrogen-bond donors (Lipinski definition) is 1. The molecule has 0 saturated carbocycles. The predicted molar refractivity (Wildman–Crippen MR) is 124 cm³/mol. The Bertz CT molecular complexity index is 771. The number of aromatic nitrogens is 2. The molecule has 2 aromatic rings. The topological polar surface area (TPSA) is 63.1 Å². The summed E-state index contributed by atoms with van der Waals surface area (Å²) < 4.78 is 0. The second kappa shape index (κ2) is 13.1. The summed E-state index contributed by atoms with van der Waals surface area (Å²) in [6.45, 7) is 6.72. The van der Waals surface area contributed by atoms with Crippen LogP contribution in [0.4, 0.5) is 0 Å². The third kappa shape index (κ3) is 7.89. The maximum atomic E-state index is 11.4. The number of aromatic carboxylic acids is 1. The molecule has 2 rings (SSSR count). The van der Waals surface area contributed by atoms with Gasteiger partial charge in [0.25, 0.3) is 0 Å². The quantitative estimate of drug-likeness (QED) is 0.337. The van der Waals surface area contributed by atoms with E-state index in [0.717, 1.165) is 36.1 Å². The minimum Gasteiger partial charge on any atom is -0.475 e.